The monoisotopic (exact) mass is 349 g/mol. The number of nitrogens with zero attached hydrogens (tertiary/aromatic N) is 1. The molecule has 1 amide bonds. The first-order valence-electron chi connectivity index (χ1n) is 9.87. The maximum absolute atomic E-state index is 12.9. The summed E-state index contributed by atoms with van der Waals surface area (Å²) in [5.74, 6) is 0.795. The molecule has 0 unspecified atom stereocenters. The van der Waals surface area contributed by atoms with E-state index in [1.165, 1.54) is 37.7 Å². The Bertz CT molecular complexity index is 720. The first-order valence-corrected chi connectivity index (χ1v) is 9.87. The van der Waals surface area contributed by atoms with Crippen LogP contribution < -0.4 is 0 Å². The van der Waals surface area contributed by atoms with Crippen molar-refractivity contribution in [2.45, 2.75) is 44.1 Å². The molecule has 3 nitrogen and oxygen atoms in total. The summed E-state index contributed by atoms with van der Waals surface area (Å²) in [6.07, 6.45) is 6.58. The molecular formula is C23H27NO2. The molecule has 26 heavy (non-hydrogen) atoms. The van der Waals surface area contributed by atoms with Crippen LogP contribution >= 0.6 is 0 Å². The molecule has 1 heterocycles. The fourth-order valence-corrected chi connectivity index (χ4v) is 4.22. The van der Waals surface area contributed by atoms with Gasteiger partial charge in [0.2, 0.25) is 0 Å². The predicted molar refractivity (Wildman–Crippen MR) is 103 cm³/mol. The van der Waals surface area contributed by atoms with Gasteiger partial charge in [-0.15, -0.1) is 0 Å². The Kier molecular flexibility index (Phi) is 5.35. The van der Waals surface area contributed by atoms with Crippen LogP contribution in [-0.2, 0) is 4.74 Å². The molecule has 0 aromatic heterocycles. The molecule has 1 atom stereocenters. The largest absolute Gasteiger partial charge is 0.370 e. The molecule has 2 aromatic rings. The van der Waals surface area contributed by atoms with Crippen LogP contribution in [0.15, 0.2) is 54.6 Å². The van der Waals surface area contributed by atoms with Crippen molar-refractivity contribution in [1.82, 2.24) is 4.90 Å². The van der Waals surface area contributed by atoms with Crippen LogP contribution in [0.25, 0.3) is 0 Å². The zero-order valence-electron chi connectivity index (χ0n) is 15.3. The Morgan fingerprint density at radius 2 is 1.62 bits per heavy atom. The highest BCUT2D eigenvalue weighted by Crippen LogP contribution is 2.32. The van der Waals surface area contributed by atoms with Crippen LogP contribution in [0.4, 0.5) is 0 Å². The number of morpholine rings is 1. The number of rotatable bonds is 3. The molecule has 0 spiro atoms. The van der Waals surface area contributed by atoms with E-state index >= 15 is 0 Å². The highest BCUT2D eigenvalue weighted by molar-refractivity contribution is 5.94. The smallest absolute Gasteiger partial charge is 0.254 e. The first kappa shape index (κ1) is 17.3. The number of ether oxygens (including phenoxy) is 1. The summed E-state index contributed by atoms with van der Waals surface area (Å²) >= 11 is 0. The SMILES string of the molecule is O=C(c1ccc(C2CCCCC2)cc1)N1CCO[C@H](c2ccccc2)C1. The van der Waals surface area contributed by atoms with Crippen LogP contribution in [-0.4, -0.2) is 30.5 Å². The average molecular weight is 349 g/mol. The van der Waals surface area contributed by atoms with Crippen molar-refractivity contribution in [2.75, 3.05) is 19.7 Å². The summed E-state index contributed by atoms with van der Waals surface area (Å²) in [5, 5.41) is 0. The minimum absolute atomic E-state index is 0.0320. The third-order valence-electron chi connectivity index (χ3n) is 5.76. The molecule has 4 rings (SSSR count). The quantitative estimate of drug-likeness (QED) is 0.785. The van der Waals surface area contributed by atoms with Crippen molar-refractivity contribution >= 4 is 5.91 Å². The number of carbonyl (C=O) groups excluding carboxylic acids is 1. The van der Waals surface area contributed by atoms with Gasteiger partial charge in [0.15, 0.2) is 0 Å². The number of benzene rings is 2. The van der Waals surface area contributed by atoms with Crippen molar-refractivity contribution in [3.63, 3.8) is 0 Å². The van der Waals surface area contributed by atoms with E-state index < -0.39 is 0 Å². The molecule has 136 valence electrons. The van der Waals surface area contributed by atoms with Gasteiger partial charge >= 0.3 is 0 Å². The van der Waals surface area contributed by atoms with Crippen molar-refractivity contribution in [2.24, 2.45) is 0 Å². The summed E-state index contributed by atoms with van der Waals surface area (Å²) in [4.78, 5) is 14.9. The van der Waals surface area contributed by atoms with E-state index in [2.05, 4.69) is 24.3 Å². The zero-order chi connectivity index (χ0) is 17.8. The third kappa shape index (κ3) is 3.83. The van der Waals surface area contributed by atoms with E-state index in [4.69, 9.17) is 4.74 Å². The van der Waals surface area contributed by atoms with E-state index in [0.29, 0.717) is 25.6 Å². The van der Waals surface area contributed by atoms with Gasteiger partial charge < -0.3 is 9.64 Å². The molecule has 2 aliphatic rings. The molecule has 2 aromatic carbocycles. The molecule has 2 fully saturated rings. The topological polar surface area (TPSA) is 29.5 Å². The van der Waals surface area contributed by atoms with Crippen molar-refractivity contribution in [3.05, 3.63) is 71.3 Å². The van der Waals surface area contributed by atoms with Crippen LogP contribution in [0.2, 0.25) is 0 Å². The Morgan fingerprint density at radius 1 is 0.885 bits per heavy atom. The number of hydrogen-bond donors (Lipinski definition) is 0. The van der Waals surface area contributed by atoms with E-state index in [-0.39, 0.29) is 12.0 Å². The lowest BCUT2D eigenvalue weighted by Gasteiger charge is -2.33. The lowest BCUT2D eigenvalue weighted by atomic mass is 9.84. The Hall–Kier alpha value is -2.13. The normalized spacial score (nSPS) is 21.5. The maximum atomic E-state index is 12.9. The van der Waals surface area contributed by atoms with Crippen molar-refractivity contribution < 1.29 is 9.53 Å². The third-order valence-corrected chi connectivity index (χ3v) is 5.76. The molecule has 0 N–H and O–H groups in total. The second-order valence-electron chi connectivity index (χ2n) is 7.48. The van der Waals surface area contributed by atoms with E-state index in [1.807, 2.05) is 35.2 Å². The Labute approximate surface area is 156 Å². The molecule has 1 aliphatic heterocycles. The lowest BCUT2D eigenvalue weighted by Crippen LogP contribution is -2.42. The summed E-state index contributed by atoms with van der Waals surface area (Å²) in [6, 6.07) is 18.5. The number of amides is 1. The summed E-state index contributed by atoms with van der Waals surface area (Å²) in [6.45, 7) is 1.87. The van der Waals surface area contributed by atoms with E-state index in [9.17, 15) is 4.79 Å². The molecule has 0 bridgehead atoms. The molecule has 1 aliphatic carbocycles. The van der Waals surface area contributed by atoms with Gasteiger partial charge in [-0.3, -0.25) is 4.79 Å². The maximum Gasteiger partial charge on any atom is 0.254 e. The van der Waals surface area contributed by atoms with Crippen LogP contribution in [0.5, 0.6) is 0 Å². The number of hydrogen-bond acceptors (Lipinski definition) is 2. The van der Waals surface area contributed by atoms with Crippen molar-refractivity contribution in [3.8, 4) is 0 Å². The standard InChI is InChI=1S/C23H27NO2/c25-23(21-13-11-19(12-14-21)18-7-3-1-4-8-18)24-15-16-26-22(17-24)20-9-5-2-6-10-20/h2,5-6,9-14,18,22H,1,3-4,7-8,15-17H2/t22-/m0/s1. The molecule has 0 radical (unpaired) electrons. The predicted octanol–water partition coefficient (Wildman–Crippen LogP) is 4.95. The lowest BCUT2D eigenvalue weighted by molar-refractivity contribution is -0.0228. The second-order valence-corrected chi connectivity index (χ2v) is 7.48. The van der Waals surface area contributed by atoms with E-state index in [0.717, 1.165) is 11.1 Å². The van der Waals surface area contributed by atoms with Gasteiger partial charge in [-0.25, -0.2) is 0 Å². The van der Waals surface area contributed by atoms with Crippen LogP contribution in [0, 0.1) is 0 Å². The Balaban J connectivity index is 1.43. The highest BCUT2D eigenvalue weighted by Gasteiger charge is 2.26. The van der Waals surface area contributed by atoms with Gasteiger partial charge in [0.05, 0.1) is 13.2 Å². The highest BCUT2D eigenvalue weighted by atomic mass is 16.5. The Morgan fingerprint density at radius 3 is 2.35 bits per heavy atom. The minimum Gasteiger partial charge on any atom is -0.370 e. The molecule has 3 heteroatoms. The molecule has 1 saturated carbocycles. The van der Waals surface area contributed by atoms with Crippen LogP contribution in [0.1, 0.15) is 65.6 Å². The summed E-state index contributed by atoms with van der Waals surface area (Å²) in [5.41, 5.74) is 3.32. The fourth-order valence-electron chi connectivity index (χ4n) is 4.22. The van der Waals surface area contributed by atoms with Gasteiger partial charge in [0, 0.05) is 12.1 Å². The first-order chi connectivity index (χ1) is 12.8. The average Bonchev–Trinajstić information content (AvgIpc) is 2.75. The molecular weight excluding hydrogens is 322 g/mol. The summed E-state index contributed by atoms with van der Waals surface area (Å²) in [7, 11) is 0. The molecule has 1 saturated heterocycles. The van der Waals surface area contributed by atoms with Gasteiger partial charge in [-0.05, 0) is 42.0 Å². The fraction of sp³-hybridized carbons (Fsp3) is 0.435. The second kappa shape index (κ2) is 8.05. The van der Waals surface area contributed by atoms with Gasteiger partial charge in [0.25, 0.3) is 5.91 Å². The van der Waals surface area contributed by atoms with Gasteiger partial charge in [0.1, 0.15) is 6.10 Å². The van der Waals surface area contributed by atoms with Crippen LogP contribution in [0.3, 0.4) is 0 Å². The van der Waals surface area contributed by atoms with Gasteiger partial charge in [-0.1, -0.05) is 61.7 Å². The van der Waals surface area contributed by atoms with Crippen molar-refractivity contribution in [1.29, 1.82) is 0 Å². The minimum atomic E-state index is -0.0320. The number of carbonyl (C=O) groups is 1. The van der Waals surface area contributed by atoms with E-state index in [1.54, 1.807) is 0 Å². The summed E-state index contributed by atoms with van der Waals surface area (Å²) < 4.78 is 5.88. The van der Waals surface area contributed by atoms with Gasteiger partial charge in [-0.2, -0.15) is 0 Å². The zero-order valence-corrected chi connectivity index (χ0v) is 15.3.